The first-order valence-corrected chi connectivity index (χ1v) is 6.18. The summed E-state index contributed by atoms with van der Waals surface area (Å²) in [5.74, 6) is -7.57. The molecule has 22 heavy (non-hydrogen) atoms. The van der Waals surface area contributed by atoms with Crippen molar-refractivity contribution in [3.63, 3.8) is 0 Å². The molecule has 6 nitrogen and oxygen atoms in total. The van der Waals surface area contributed by atoms with Crippen molar-refractivity contribution in [2.24, 2.45) is 0 Å². The second-order valence-corrected chi connectivity index (χ2v) is 4.84. The maximum atomic E-state index is 14.0. The average Bonchev–Trinajstić information content (AvgIpc) is 3.28. The smallest absolute Gasteiger partial charge is 0.504 e. The van der Waals surface area contributed by atoms with Crippen LogP contribution in [0.5, 0.6) is 11.5 Å². The van der Waals surface area contributed by atoms with Gasteiger partial charge >= 0.3 is 6.16 Å². The molecule has 2 N–H and O–H groups in total. The molecule has 0 bridgehead atoms. The summed E-state index contributed by atoms with van der Waals surface area (Å²) in [7, 11) is 0. The number of rotatable bonds is 2. The van der Waals surface area contributed by atoms with Crippen LogP contribution < -0.4 is 10.2 Å². The third-order valence-corrected chi connectivity index (χ3v) is 3.38. The molecule has 1 aliphatic carbocycles. The maximum absolute atomic E-state index is 14.0. The lowest BCUT2D eigenvalue weighted by molar-refractivity contribution is 0.143. The number of nitrogens with zero attached hydrogens (tertiary/aromatic N) is 1. The number of aromatic nitrogens is 1. The van der Waals surface area contributed by atoms with Crippen molar-refractivity contribution >= 4 is 17.1 Å². The summed E-state index contributed by atoms with van der Waals surface area (Å²) in [6, 6.07) is -0.321. The Morgan fingerprint density at radius 1 is 1.23 bits per heavy atom. The monoisotopic (exact) mass is 315 g/mol. The Hall–Kier alpha value is -2.71. The molecule has 1 aliphatic rings. The lowest BCUT2D eigenvalue weighted by atomic mass is 10.1. The van der Waals surface area contributed by atoms with Gasteiger partial charge in [0.25, 0.3) is 0 Å². The highest BCUT2D eigenvalue weighted by Gasteiger charge is 2.31. The molecule has 1 aromatic heterocycles. The van der Waals surface area contributed by atoms with E-state index in [4.69, 9.17) is 5.11 Å². The van der Waals surface area contributed by atoms with Crippen LogP contribution in [0.3, 0.4) is 0 Å². The van der Waals surface area contributed by atoms with Crippen molar-refractivity contribution in [2.75, 3.05) is 0 Å². The van der Waals surface area contributed by atoms with Gasteiger partial charge in [0.05, 0.1) is 17.1 Å². The van der Waals surface area contributed by atoms with Crippen LogP contribution in [0, 0.1) is 17.5 Å². The van der Waals surface area contributed by atoms with Crippen LogP contribution in [0.4, 0.5) is 18.0 Å². The average molecular weight is 315 g/mol. The van der Waals surface area contributed by atoms with Crippen LogP contribution in [-0.2, 0) is 0 Å². The van der Waals surface area contributed by atoms with Gasteiger partial charge in [0.1, 0.15) is 0 Å². The number of pyridine rings is 1. The molecule has 116 valence electrons. The molecule has 0 radical (unpaired) electrons. The molecule has 1 aromatic carbocycles. The van der Waals surface area contributed by atoms with Crippen molar-refractivity contribution in [1.82, 2.24) is 4.57 Å². The second-order valence-electron chi connectivity index (χ2n) is 4.84. The molecular weight excluding hydrogens is 307 g/mol. The fourth-order valence-corrected chi connectivity index (χ4v) is 2.27. The molecule has 0 amide bonds. The van der Waals surface area contributed by atoms with E-state index in [-0.39, 0.29) is 6.04 Å². The van der Waals surface area contributed by atoms with Gasteiger partial charge in [-0.05, 0) is 12.8 Å². The van der Waals surface area contributed by atoms with Crippen molar-refractivity contribution in [1.29, 1.82) is 0 Å². The molecule has 0 unspecified atom stereocenters. The van der Waals surface area contributed by atoms with Gasteiger partial charge in [-0.15, -0.1) is 0 Å². The number of phenolic OH excluding ortho intramolecular Hbond substituents is 1. The zero-order chi connectivity index (χ0) is 16.2. The minimum Gasteiger partial charge on any atom is -0.504 e. The first-order valence-electron chi connectivity index (χ1n) is 6.18. The Bertz CT molecular complexity index is 873. The van der Waals surface area contributed by atoms with Crippen LogP contribution >= 0.6 is 0 Å². The predicted molar refractivity (Wildman–Crippen MR) is 66.7 cm³/mol. The summed E-state index contributed by atoms with van der Waals surface area (Å²) in [5, 5.41) is 17.4. The molecular formula is C13H8F3NO5. The van der Waals surface area contributed by atoms with E-state index < -0.39 is 51.4 Å². The molecule has 9 heteroatoms. The van der Waals surface area contributed by atoms with E-state index in [0.29, 0.717) is 12.8 Å². The van der Waals surface area contributed by atoms with Gasteiger partial charge < -0.3 is 19.5 Å². The highest BCUT2D eigenvalue weighted by Crippen LogP contribution is 2.40. The van der Waals surface area contributed by atoms with E-state index in [1.807, 2.05) is 0 Å². The lowest BCUT2D eigenvalue weighted by Crippen LogP contribution is -2.18. The van der Waals surface area contributed by atoms with Gasteiger partial charge in [0.2, 0.25) is 11.2 Å². The van der Waals surface area contributed by atoms with E-state index in [0.717, 1.165) is 10.8 Å². The maximum Gasteiger partial charge on any atom is 0.511 e. The largest absolute Gasteiger partial charge is 0.511 e. The number of ether oxygens (including phenoxy) is 1. The molecule has 1 fully saturated rings. The third kappa shape index (κ3) is 1.97. The number of halogens is 3. The van der Waals surface area contributed by atoms with Crippen LogP contribution in [0.15, 0.2) is 11.0 Å². The van der Waals surface area contributed by atoms with Gasteiger partial charge in [0, 0.05) is 6.04 Å². The van der Waals surface area contributed by atoms with Gasteiger partial charge in [-0.1, -0.05) is 0 Å². The minimum atomic E-state index is -1.92. The number of aromatic hydroxyl groups is 1. The number of carboxylic acid groups (broad SMARTS) is 1. The number of hydrogen-bond acceptors (Lipinski definition) is 4. The predicted octanol–water partition coefficient (Wildman–Crippen LogP) is 2.52. The van der Waals surface area contributed by atoms with E-state index in [2.05, 4.69) is 4.74 Å². The molecule has 0 atom stereocenters. The number of benzene rings is 1. The van der Waals surface area contributed by atoms with Gasteiger partial charge in [-0.25, -0.2) is 13.6 Å². The summed E-state index contributed by atoms with van der Waals surface area (Å²) >= 11 is 0. The number of carbonyl (C=O) groups is 1. The molecule has 0 aliphatic heterocycles. The summed E-state index contributed by atoms with van der Waals surface area (Å²) in [4.78, 5) is 22.7. The zero-order valence-electron chi connectivity index (χ0n) is 10.8. The quantitative estimate of drug-likeness (QED) is 0.656. The third-order valence-electron chi connectivity index (χ3n) is 3.38. The van der Waals surface area contributed by atoms with E-state index in [1.54, 1.807) is 0 Å². The molecule has 3 rings (SSSR count). The van der Waals surface area contributed by atoms with Crippen LogP contribution in [0.2, 0.25) is 0 Å². The molecule has 0 spiro atoms. The topological polar surface area (TPSA) is 88.8 Å². The van der Waals surface area contributed by atoms with Crippen LogP contribution in [-0.4, -0.2) is 20.9 Å². The summed E-state index contributed by atoms with van der Waals surface area (Å²) in [6.45, 7) is 0. The zero-order valence-corrected chi connectivity index (χ0v) is 10.8. The fraction of sp³-hybridized carbons (Fsp3) is 0.231. The van der Waals surface area contributed by atoms with Crippen molar-refractivity contribution < 1.29 is 32.9 Å². The van der Waals surface area contributed by atoms with Gasteiger partial charge in [-0.2, -0.15) is 4.39 Å². The Morgan fingerprint density at radius 3 is 2.41 bits per heavy atom. The minimum absolute atomic E-state index is 0.321. The Balaban J connectivity index is 2.48. The van der Waals surface area contributed by atoms with Crippen molar-refractivity contribution in [2.45, 2.75) is 18.9 Å². The van der Waals surface area contributed by atoms with E-state index >= 15 is 0 Å². The normalized spacial score (nSPS) is 14.3. The Kier molecular flexibility index (Phi) is 3.01. The Morgan fingerprint density at radius 2 is 1.86 bits per heavy atom. The standard InChI is InChI=1S/C13H8F3NO5/c14-7-8(15)10-6(12(19)9(7)16)11(18)5(22-13(20)21)3-17(10)4-1-2-4/h3-4,19H,1-2H2,(H,20,21). The van der Waals surface area contributed by atoms with Gasteiger partial charge in [-0.3, -0.25) is 4.79 Å². The molecule has 0 saturated heterocycles. The highest BCUT2D eigenvalue weighted by molar-refractivity contribution is 5.87. The summed E-state index contributed by atoms with van der Waals surface area (Å²) < 4.78 is 46.3. The summed E-state index contributed by atoms with van der Waals surface area (Å²) in [5.41, 5.74) is -1.87. The first kappa shape index (κ1) is 14.2. The highest BCUT2D eigenvalue weighted by atomic mass is 19.2. The van der Waals surface area contributed by atoms with Crippen LogP contribution in [0.1, 0.15) is 18.9 Å². The molecule has 1 saturated carbocycles. The molecule has 2 aromatic rings. The Labute approximate surface area is 120 Å². The van der Waals surface area contributed by atoms with Crippen molar-refractivity contribution in [3.8, 4) is 11.5 Å². The summed E-state index contributed by atoms with van der Waals surface area (Å²) in [6.07, 6.45) is 0.255. The number of phenols is 1. The molecule has 1 heterocycles. The van der Waals surface area contributed by atoms with Gasteiger partial charge in [0.15, 0.2) is 23.1 Å². The van der Waals surface area contributed by atoms with E-state index in [1.165, 1.54) is 0 Å². The lowest BCUT2D eigenvalue weighted by Gasteiger charge is -2.14. The first-order chi connectivity index (χ1) is 10.3. The fourth-order valence-electron chi connectivity index (χ4n) is 2.27. The SMILES string of the molecule is O=C(O)Oc1cn(C2CC2)c2c(F)c(F)c(F)c(O)c2c1=O. The number of hydrogen-bond donors (Lipinski definition) is 2. The van der Waals surface area contributed by atoms with Crippen LogP contribution in [0.25, 0.3) is 10.9 Å². The number of fused-ring (bicyclic) bond motifs is 1. The second kappa shape index (κ2) is 4.65. The van der Waals surface area contributed by atoms with Crippen molar-refractivity contribution in [3.05, 3.63) is 33.9 Å². The van der Waals surface area contributed by atoms with E-state index in [9.17, 15) is 27.9 Å².